The number of carbonyl (C=O) groups is 2. The molecule has 1 aromatic heterocycles. The summed E-state index contributed by atoms with van der Waals surface area (Å²) in [6.07, 6.45) is 0. The van der Waals surface area contributed by atoms with Crippen molar-refractivity contribution in [1.29, 1.82) is 0 Å². The van der Waals surface area contributed by atoms with Gasteiger partial charge in [-0.15, -0.1) is 0 Å². The maximum Gasteiger partial charge on any atom is 0.258 e. The third-order valence-corrected chi connectivity index (χ3v) is 2.84. The van der Waals surface area contributed by atoms with Crippen LogP contribution in [-0.4, -0.2) is 28.5 Å². The number of carbonyl (C=O) groups excluding carboxylic acids is 2. The standard InChI is InChI=1S/C13H17N5O3/c1-8(19)16-17-12(20)6-18-10-5-3-4-9(14)13(10)15-11(18)7-21-2/h3-5H,6-7,14H2,1-2H3,(H,16,19)(H,17,20). The van der Waals surface area contributed by atoms with Gasteiger partial charge < -0.3 is 15.0 Å². The molecule has 2 rings (SSSR count). The van der Waals surface area contributed by atoms with Gasteiger partial charge in [-0.05, 0) is 12.1 Å². The van der Waals surface area contributed by atoms with E-state index in [-0.39, 0.29) is 25.0 Å². The molecule has 1 heterocycles. The number of amides is 2. The Morgan fingerprint density at radius 3 is 2.81 bits per heavy atom. The first-order chi connectivity index (χ1) is 10.0. The van der Waals surface area contributed by atoms with Gasteiger partial charge in [0.05, 0.1) is 11.2 Å². The number of imidazole rings is 1. The number of hydrazine groups is 1. The Bertz CT molecular complexity index is 680. The summed E-state index contributed by atoms with van der Waals surface area (Å²) < 4.78 is 6.79. The molecular weight excluding hydrogens is 274 g/mol. The van der Waals surface area contributed by atoms with Crippen molar-refractivity contribution >= 4 is 28.5 Å². The predicted molar refractivity (Wildman–Crippen MR) is 76.8 cm³/mol. The molecule has 0 bridgehead atoms. The van der Waals surface area contributed by atoms with Crippen LogP contribution in [0.2, 0.25) is 0 Å². The number of para-hydroxylation sites is 1. The molecule has 0 unspecified atom stereocenters. The summed E-state index contributed by atoms with van der Waals surface area (Å²) in [5.41, 5.74) is 12.3. The zero-order valence-electron chi connectivity index (χ0n) is 11.8. The zero-order chi connectivity index (χ0) is 15.4. The Morgan fingerprint density at radius 2 is 2.14 bits per heavy atom. The molecule has 0 radical (unpaired) electrons. The molecule has 0 aliphatic heterocycles. The highest BCUT2D eigenvalue weighted by Gasteiger charge is 2.15. The van der Waals surface area contributed by atoms with Gasteiger partial charge in [-0.1, -0.05) is 6.07 Å². The smallest absolute Gasteiger partial charge is 0.258 e. The first kappa shape index (κ1) is 14.8. The van der Waals surface area contributed by atoms with Gasteiger partial charge in [0.1, 0.15) is 24.5 Å². The van der Waals surface area contributed by atoms with E-state index in [1.165, 1.54) is 6.92 Å². The van der Waals surface area contributed by atoms with Crippen molar-refractivity contribution in [3.05, 3.63) is 24.0 Å². The summed E-state index contributed by atoms with van der Waals surface area (Å²) in [5, 5.41) is 0. The Hall–Kier alpha value is -2.61. The second kappa shape index (κ2) is 6.23. The van der Waals surface area contributed by atoms with Crippen molar-refractivity contribution in [1.82, 2.24) is 20.4 Å². The lowest BCUT2D eigenvalue weighted by atomic mass is 10.3. The molecule has 21 heavy (non-hydrogen) atoms. The molecular formula is C13H17N5O3. The van der Waals surface area contributed by atoms with Crippen molar-refractivity contribution in [2.75, 3.05) is 12.8 Å². The molecule has 0 fully saturated rings. The maximum absolute atomic E-state index is 11.9. The average molecular weight is 291 g/mol. The van der Waals surface area contributed by atoms with E-state index in [9.17, 15) is 9.59 Å². The van der Waals surface area contributed by atoms with Crippen LogP contribution in [0.15, 0.2) is 18.2 Å². The van der Waals surface area contributed by atoms with Crippen molar-refractivity contribution in [2.45, 2.75) is 20.1 Å². The van der Waals surface area contributed by atoms with Crippen LogP contribution in [-0.2, 0) is 27.5 Å². The molecule has 4 N–H and O–H groups in total. The number of nitrogens with zero attached hydrogens (tertiary/aromatic N) is 2. The second-order valence-corrected chi connectivity index (χ2v) is 4.49. The Labute approximate surface area is 121 Å². The third-order valence-electron chi connectivity index (χ3n) is 2.84. The number of aromatic nitrogens is 2. The molecule has 0 atom stereocenters. The second-order valence-electron chi connectivity index (χ2n) is 4.49. The normalized spacial score (nSPS) is 10.6. The lowest BCUT2D eigenvalue weighted by molar-refractivity contribution is -0.128. The van der Waals surface area contributed by atoms with E-state index in [1.807, 2.05) is 6.07 Å². The predicted octanol–water partition coefficient (Wildman–Crippen LogP) is -0.0678. The summed E-state index contributed by atoms with van der Waals surface area (Å²) in [7, 11) is 1.55. The molecule has 0 aliphatic rings. The number of hydrogen-bond acceptors (Lipinski definition) is 5. The van der Waals surface area contributed by atoms with Crippen molar-refractivity contribution in [3.8, 4) is 0 Å². The Morgan fingerprint density at radius 1 is 1.38 bits per heavy atom. The minimum atomic E-state index is -0.371. The minimum absolute atomic E-state index is 0.00106. The highest BCUT2D eigenvalue weighted by atomic mass is 16.5. The average Bonchev–Trinajstić information content (AvgIpc) is 2.77. The summed E-state index contributed by atoms with van der Waals surface area (Å²) in [6, 6.07) is 5.36. The Balaban J connectivity index is 2.32. The van der Waals surface area contributed by atoms with Crippen molar-refractivity contribution < 1.29 is 14.3 Å². The maximum atomic E-state index is 11.9. The van der Waals surface area contributed by atoms with Gasteiger partial charge in [-0.3, -0.25) is 20.4 Å². The van der Waals surface area contributed by atoms with Crippen LogP contribution >= 0.6 is 0 Å². The van der Waals surface area contributed by atoms with Gasteiger partial charge in [0.2, 0.25) is 5.91 Å². The molecule has 0 saturated heterocycles. The van der Waals surface area contributed by atoms with Gasteiger partial charge in [0.15, 0.2) is 0 Å². The van der Waals surface area contributed by atoms with Crippen molar-refractivity contribution in [2.24, 2.45) is 0 Å². The molecule has 0 saturated carbocycles. The monoisotopic (exact) mass is 291 g/mol. The molecule has 8 heteroatoms. The molecule has 0 aliphatic carbocycles. The van der Waals surface area contributed by atoms with Crippen molar-refractivity contribution in [3.63, 3.8) is 0 Å². The lowest BCUT2D eigenvalue weighted by Crippen LogP contribution is -2.42. The fraction of sp³-hybridized carbons (Fsp3) is 0.308. The number of nitrogen functional groups attached to an aromatic ring is 1. The molecule has 8 nitrogen and oxygen atoms in total. The molecule has 112 valence electrons. The third kappa shape index (κ3) is 3.29. The Kier molecular flexibility index (Phi) is 4.39. The van der Waals surface area contributed by atoms with E-state index in [1.54, 1.807) is 23.8 Å². The first-order valence-electron chi connectivity index (χ1n) is 6.31. The van der Waals surface area contributed by atoms with Gasteiger partial charge in [0.25, 0.3) is 5.91 Å². The largest absolute Gasteiger partial charge is 0.397 e. The minimum Gasteiger partial charge on any atom is -0.397 e. The first-order valence-corrected chi connectivity index (χ1v) is 6.31. The summed E-state index contributed by atoms with van der Waals surface area (Å²) in [4.78, 5) is 27.0. The molecule has 2 aromatic rings. The van der Waals surface area contributed by atoms with Gasteiger partial charge >= 0.3 is 0 Å². The quantitative estimate of drug-likeness (QED) is 0.539. The van der Waals surface area contributed by atoms with Crippen LogP contribution in [0.4, 0.5) is 5.69 Å². The number of fused-ring (bicyclic) bond motifs is 1. The lowest BCUT2D eigenvalue weighted by Gasteiger charge is -2.09. The van der Waals surface area contributed by atoms with Crippen LogP contribution in [0, 0.1) is 0 Å². The van der Waals surface area contributed by atoms with E-state index in [2.05, 4.69) is 15.8 Å². The van der Waals surface area contributed by atoms with Gasteiger partial charge in [0, 0.05) is 14.0 Å². The number of hydrogen-bond donors (Lipinski definition) is 3. The molecule has 2 amide bonds. The van der Waals surface area contributed by atoms with Gasteiger partial charge in [-0.2, -0.15) is 0 Å². The number of nitrogens with two attached hydrogens (primary N) is 1. The highest BCUT2D eigenvalue weighted by Crippen LogP contribution is 2.22. The fourth-order valence-electron chi connectivity index (χ4n) is 1.97. The fourth-order valence-corrected chi connectivity index (χ4v) is 1.97. The van der Waals surface area contributed by atoms with Crippen LogP contribution in [0.3, 0.4) is 0 Å². The number of anilines is 1. The number of nitrogens with one attached hydrogen (secondary N) is 2. The number of ether oxygens (including phenoxy) is 1. The van der Waals surface area contributed by atoms with E-state index in [0.29, 0.717) is 17.0 Å². The van der Waals surface area contributed by atoms with E-state index >= 15 is 0 Å². The summed E-state index contributed by atoms with van der Waals surface area (Å²) in [6.45, 7) is 1.56. The highest BCUT2D eigenvalue weighted by molar-refractivity contribution is 5.89. The van der Waals surface area contributed by atoms with Crippen LogP contribution < -0.4 is 16.6 Å². The van der Waals surface area contributed by atoms with E-state index < -0.39 is 0 Å². The summed E-state index contributed by atoms with van der Waals surface area (Å²) >= 11 is 0. The number of benzene rings is 1. The SMILES string of the molecule is COCc1nc2c(N)cccc2n1CC(=O)NNC(C)=O. The molecule has 0 spiro atoms. The van der Waals surface area contributed by atoms with Crippen LogP contribution in [0.1, 0.15) is 12.7 Å². The topological polar surface area (TPSA) is 111 Å². The number of rotatable bonds is 4. The van der Waals surface area contributed by atoms with Crippen LogP contribution in [0.25, 0.3) is 11.0 Å². The van der Waals surface area contributed by atoms with Gasteiger partial charge in [-0.25, -0.2) is 4.98 Å². The van der Waals surface area contributed by atoms with E-state index in [0.717, 1.165) is 5.52 Å². The van der Waals surface area contributed by atoms with Crippen LogP contribution in [0.5, 0.6) is 0 Å². The molecule has 1 aromatic carbocycles. The van der Waals surface area contributed by atoms with E-state index in [4.69, 9.17) is 10.5 Å². The summed E-state index contributed by atoms with van der Waals surface area (Å²) in [5.74, 6) is -0.132. The number of methoxy groups -OCH3 is 1. The zero-order valence-corrected chi connectivity index (χ0v) is 11.8.